The monoisotopic (exact) mass is 1120 g/mol. The van der Waals surface area contributed by atoms with Crippen molar-refractivity contribution in [1.82, 2.24) is 0 Å². The molecule has 0 radical (unpaired) electrons. The lowest BCUT2D eigenvalue weighted by atomic mass is 9.77. The Balaban J connectivity index is 0.628. The summed E-state index contributed by atoms with van der Waals surface area (Å²) in [7, 11) is 0. The van der Waals surface area contributed by atoms with Gasteiger partial charge in [0.15, 0.2) is 17.4 Å². The smallest absolute Gasteiger partial charge is 0.308 e. The van der Waals surface area contributed by atoms with E-state index in [-0.39, 0.29) is 165 Å². The molecule has 0 saturated carbocycles. The highest BCUT2D eigenvalue weighted by Gasteiger charge is 2.70. The standard InChI is InChI=1S/C61H86O19/c1-26-13-32-7-9-37-27(2)14-34(66-37)11-12-59-22-46-55(79-59)56-57(72-46)58(80-59)54-38(70-56)10-8-33(68-54)15-48(64)73-52-31(6)51-43(69-42(52)16-39(67-32)30(26)5)17-40-45(71-51)21-61(75-40)23-47-50(78-61)29(4)20-60(77-47)19-28(3)49-44(76-60)18-41-53(74-49)35(25-65-41)36(63)24-62/h26,28-29,31-47,49-58,62-63H,2,5,7-25H2,1,3-4,6H3/t26-,28+,29+,31+,32+,33-,34+,35-,36+,37+,38+,39-,40-,41-,42+,43+,44+,45-,46+,47+,49+,50+,51+,52-,53-,54+,55?,56+,57-,58+,59+,60-,61-/m1/s1. The zero-order valence-corrected chi connectivity index (χ0v) is 47.0. The second-order valence-corrected chi connectivity index (χ2v) is 28.1. The van der Waals surface area contributed by atoms with Gasteiger partial charge in [0.25, 0.3) is 0 Å². The molecule has 17 aliphatic rings. The fourth-order valence-corrected chi connectivity index (χ4v) is 18.9. The Morgan fingerprint density at radius 1 is 0.500 bits per heavy atom. The molecule has 0 aromatic heterocycles. The minimum absolute atomic E-state index is 0.0140. The largest absolute Gasteiger partial charge is 0.459 e. The van der Waals surface area contributed by atoms with Gasteiger partial charge in [-0.25, -0.2) is 0 Å². The second kappa shape index (κ2) is 19.9. The van der Waals surface area contributed by atoms with Crippen molar-refractivity contribution in [1.29, 1.82) is 0 Å². The van der Waals surface area contributed by atoms with E-state index < -0.39 is 54.0 Å². The van der Waals surface area contributed by atoms with Gasteiger partial charge in [-0.15, -0.1) is 0 Å². The number of hydrogen-bond donors (Lipinski definition) is 2. The molecule has 0 amide bonds. The van der Waals surface area contributed by atoms with E-state index in [1.54, 1.807) is 0 Å². The maximum atomic E-state index is 14.6. The average Bonchev–Trinajstić information content (AvgIpc) is 3.65. The Morgan fingerprint density at radius 3 is 2.04 bits per heavy atom. The molecule has 17 rings (SSSR count). The minimum Gasteiger partial charge on any atom is -0.459 e. The van der Waals surface area contributed by atoms with Crippen LogP contribution >= 0.6 is 0 Å². The molecular weight excluding hydrogens is 1040 g/mol. The summed E-state index contributed by atoms with van der Waals surface area (Å²) in [6.45, 7) is 18.0. The van der Waals surface area contributed by atoms with Gasteiger partial charge < -0.3 is 86.0 Å². The van der Waals surface area contributed by atoms with E-state index in [4.69, 9.17) is 75.8 Å². The maximum Gasteiger partial charge on any atom is 0.308 e. The van der Waals surface area contributed by atoms with E-state index in [2.05, 4.69) is 40.9 Å². The zero-order chi connectivity index (χ0) is 54.3. The van der Waals surface area contributed by atoms with E-state index in [0.29, 0.717) is 70.8 Å². The summed E-state index contributed by atoms with van der Waals surface area (Å²) < 4.78 is 110. The van der Waals surface area contributed by atoms with E-state index in [9.17, 15) is 15.0 Å². The van der Waals surface area contributed by atoms with Crippen LogP contribution in [0.1, 0.15) is 137 Å². The number of rotatable bonds is 2. The van der Waals surface area contributed by atoms with Gasteiger partial charge in [-0.2, -0.15) is 0 Å². The molecule has 0 aromatic carbocycles. The SMILES string of the molecule is C=C1C[C@@H]2CC[C@@]34C[C@@H]5O[C@H]6[C@@H](O3)[C@H]3O[C@H](CC[C@@H]3O[C@H]6C5O4)CC(=O)O[C@@H]3[C@@H](C)[C@@H]4O[C@@H]5C[C@@]6(C[C@@H]7O[C@]8(C[C@H](C)[C@@H]9O[C@@H]%10[C@@H]([C@@H](O)CO)CO[C@@H]%10C[C@@H]9O8)C[C@H](C)[C@@H]7O6)O[C@@H]5C[C@@H]4O[C@H]3C[C@H]3O[C@@H](CC[C@@H]1O2)C[C@@H](C)C3=C. The van der Waals surface area contributed by atoms with Gasteiger partial charge in [0.2, 0.25) is 0 Å². The van der Waals surface area contributed by atoms with Gasteiger partial charge in [-0.1, -0.05) is 40.9 Å². The highest BCUT2D eigenvalue weighted by atomic mass is 16.8. The Hall–Kier alpha value is -1.73. The molecule has 1 unspecified atom stereocenters. The normalized spacial score (nSPS) is 58.9. The Kier molecular flexibility index (Phi) is 13.4. The molecule has 2 N–H and O–H groups in total. The lowest BCUT2D eigenvalue weighted by Gasteiger charge is -2.54. The van der Waals surface area contributed by atoms with Gasteiger partial charge >= 0.3 is 5.97 Å². The number of esters is 1. The Morgan fingerprint density at radius 2 is 1.18 bits per heavy atom. The molecule has 19 heteroatoms. The van der Waals surface area contributed by atoms with Crippen LogP contribution in [0.25, 0.3) is 0 Å². The van der Waals surface area contributed by atoms with Crippen LogP contribution in [-0.2, 0) is 80.6 Å². The Labute approximate surface area is 469 Å². The fourth-order valence-electron chi connectivity index (χ4n) is 18.9. The number of fused-ring (bicyclic) bond motifs is 11. The molecule has 17 saturated heterocycles. The summed E-state index contributed by atoms with van der Waals surface area (Å²) in [6.07, 6.45) is 3.77. The van der Waals surface area contributed by atoms with Crippen LogP contribution in [0.2, 0.25) is 0 Å². The van der Waals surface area contributed by atoms with Crippen molar-refractivity contribution in [2.45, 2.75) is 307 Å². The molecule has 19 nitrogen and oxygen atoms in total. The van der Waals surface area contributed by atoms with Gasteiger partial charge in [0.1, 0.15) is 36.6 Å². The second-order valence-electron chi connectivity index (χ2n) is 28.1. The highest BCUT2D eigenvalue weighted by molar-refractivity contribution is 5.70. The van der Waals surface area contributed by atoms with Crippen molar-refractivity contribution >= 4 is 5.97 Å². The summed E-state index contributed by atoms with van der Waals surface area (Å²) in [5.74, 6) is -2.91. The summed E-state index contributed by atoms with van der Waals surface area (Å²) in [4.78, 5) is 14.6. The molecule has 17 heterocycles. The molecule has 17 fully saturated rings. The molecule has 12 bridgehead atoms. The van der Waals surface area contributed by atoms with Gasteiger partial charge in [0, 0.05) is 69.6 Å². The van der Waals surface area contributed by atoms with Crippen molar-refractivity contribution in [2.75, 3.05) is 13.2 Å². The van der Waals surface area contributed by atoms with Crippen LogP contribution in [0, 0.1) is 29.6 Å². The number of aliphatic hydroxyl groups excluding tert-OH is 2. The van der Waals surface area contributed by atoms with E-state index >= 15 is 0 Å². The van der Waals surface area contributed by atoms with Crippen molar-refractivity contribution in [3.63, 3.8) is 0 Å². The van der Waals surface area contributed by atoms with E-state index in [1.165, 1.54) is 0 Å². The molecule has 0 aliphatic carbocycles. The minimum atomic E-state index is -0.908. The summed E-state index contributed by atoms with van der Waals surface area (Å²) in [6, 6.07) is 0. The number of ether oxygens (including phenoxy) is 16. The van der Waals surface area contributed by atoms with E-state index in [0.717, 1.165) is 49.7 Å². The first-order valence-electron chi connectivity index (χ1n) is 31.3. The molecule has 444 valence electrons. The van der Waals surface area contributed by atoms with E-state index in [1.807, 2.05) is 0 Å². The van der Waals surface area contributed by atoms with Gasteiger partial charge in [-0.3, -0.25) is 4.79 Å². The molecule has 33 atom stereocenters. The molecular formula is C61H86O19. The van der Waals surface area contributed by atoms with Crippen LogP contribution in [0.3, 0.4) is 0 Å². The predicted molar refractivity (Wildman–Crippen MR) is 276 cm³/mol. The predicted octanol–water partition coefficient (Wildman–Crippen LogP) is 5.19. The van der Waals surface area contributed by atoms with Crippen molar-refractivity contribution < 1.29 is 90.8 Å². The molecule has 80 heavy (non-hydrogen) atoms. The maximum absolute atomic E-state index is 14.6. The number of hydrogen-bond acceptors (Lipinski definition) is 19. The van der Waals surface area contributed by atoms with Crippen molar-refractivity contribution in [2.24, 2.45) is 29.6 Å². The lowest BCUT2D eigenvalue weighted by molar-refractivity contribution is -0.370. The number of aliphatic hydroxyl groups is 2. The molecule has 0 aromatic rings. The van der Waals surface area contributed by atoms with Crippen molar-refractivity contribution in [3.05, 3.63) is 24.3 Å². The van der Waals surface area contributed by atoms with Crippen LogP contribution < -0.4 is 0 Å². The van der Waals surface area contributed by atoms with Gasteiger partial charge in [-0.05, 0) is 73.8 Å². The van der Waals surface area contributed by atoms with Crippen LogP contribution in [-0.4, -0.2) is 199 Å². The van der Waals surface area contributed by atoms with Crippen LogP contribution in [0.4, 0.5) is 0 Å². The summed E-state index contributed by atoms with van der Waals surface area (Å²) in [5.41, 5.74) is 2.16. The molecule has 3 spiro atoms. The van der Waals surface area contributed by atoms with Crippen LogP contribution in [0.5, 0.6) is 0 Å². The number of carbonyl (C=O) groups is 1. The lowest BCUT2D eigenvalue weighted by Crippen LogP contribution is -2.62. The first-order chi connectivity index (χ1) is 38.6. The highest BCUT2D eigenvalue weighted by Crippen LogP contribution is 2.58. The third-order valence-electron chi connectivity index (χ3n) is 22.7. The topological polar surface area (TPSA) is 205 Å². The fraction of sp³-hybridized carbons (Fsp3) is 0.918. The average molecular weight is 1120 g/mol. The molecule has 17 aliphatic heterocycles. The third-order valence-corrected chi connectivity index (χ3v) is 22.7. The van der Waals surface area contributed by atoms with Gasteiger partial charge in [0.05, 0.1) is 136 Å². The van der Waals surface area contributed by atoms with Crippen molar-refractivity contribution in [3.8, 4) is 0 Å². The quantitative estimate of drug-likeness (QED) is 0.270. The summed E-state index contributed by atoms with van der Waals surface area (Å²) >= 11 is 0. The van der Waals surface area contributed by atoms with Crippen LogP contribution in [0.15, 0.2) is 24.3 Å². The first-order valence-corrected chi connectivity index (χ1v) is 31.3. The Bertz CT molecular complexity index is 2410. The summed E-state index contributed by atoms with van der Waals surface area (Å²) in [5, 5.41) is 20.3. The first kappa shape index (κ1) is 53.7. The zero-order valence-electron chi connectivity index (χ0n) is 47.0. The third kappa shape index (κ3) is 8.91. The number of carbonyl (C=O) groups excluding carboxylic acids is 1.